The summed E-state index contributed by atoms with van der Waals surface area (Å²) in [4.78, 5) is 6.54. The highest BCUT2D eigenvalue weighted by Crippen LogP contribution is 2.19. The molecule has 0 heterocycles. The van der Waals surface area contributed by atoms with Crippen LogP contribution in [0.1, 0.15) is 5.56 Å². The van der Waals surface area contributed by atoms with Gasteiger partial charge in [0.2, 0.25) is 0 Å². The molecule has 0 atom stereocenters. The first-order valence-electron chi connectivity index (χ1n) is 7.23. The Kier molecular flexibility index (Phi) is 5.98. The lowest BCUT2D eigenvalue weighted by atomic mass is 10.2. The third kappa shape index (κ3) is 5.22. The molecule has 2 aromatic rings. The summed E-state index contributed by atoms with van der Waals surface area (Å²) in [5.41, 5.74) is 1.90. The molecule has 0 radical (unpaired) electrons. The van der Waals surface area contributed by atoms with E-state index in [1.807, 2.05) is 68.8 Å². The Morgan fingerprint density at radius 1 is 1.05 bits per heavy atom. The molecule has 4 heteroatoms. The first kappa shape index (κ1) is 16.0. The summed E-state index contributed by atoms with van der Waals surface area (Å²) in [6.07, 6.45) is 1.83. The maximum Gasteiger partial charge on any atom is 0.121 e. The molecule has 22 heavy (non-hydrogen) atoms. The van der Waals surface area contributed by atoms with Crippen LogP contribution in [0.5, 0.6) is 11.5 Å². The number of rotatable bonds is 7. The standard InChI is InChI=1S/C18H22N2O2/c1-20(2)11-12-22-17-9-7-15(8-10-17)14-19-16-5-4-6-18(13-16)21-3/h4-10,13-14H,11-12H2,1-3H3/b19-14+. The summed E-state index contributed by atoms with van der Waals surface area (Å²) in [6.45, 7) is 1.59. The van der Waals surface area contributed by atoms with Gasteiger partial charge in [-0.15, -0.1) is 0 Å². The number of nitrogens with zero attached hydrogens (tertiary/aromatic N) is 2. The van der Waals surface area contributed by atoms with E-state index in [-0.39, 0.29) is 0 Å². The molecule has 4 nitrogen and oxygen atoms in total. The Bertz CT molecular complexity index is 607. The highest BCUT2D eigenvalue weighted by Gasteiger charge is 1.96. The van der Waals surface area contributed by atoms with Gasteiger partial charge in [-0.05, 0) is 56.1 Å². The molecular weight excluding hydrogens is 276 g/mol. The van der Waals surface area contributed by atoms with Crippen molar-refractivity contribution in [1.82, 2.24) is 4.90 Å². The van der Waals surface area contributed by atoms with Crippen molar-refractivity contribution in [1.29, 1.82) is 0 Å². The maximum atomic E-state index is 5.66. The van der Waals surface area contributed by atoms with Crippen LogP contribution in [0.4, 0.5) is 5.69 Å². The van der Waals surface area contributed by atoms with Crippen LogP contribution >= 0.6 is 0 Å². The van der Waals surface area contributed by atoms with Crippen LogP contribution in [-0.2, 0) is 0 Å². The van der Waals surface area contributed by atoms with Crippen LogP contribution < -0.4 is 9.47 Å². The van der Waals surface area contributed by atoms with Crippen molar-refractivity contribution in [3.8, 4) is 11.5 Å². The number of methoxy groups -OCH3 is 1. The molecule has 0 saturated carbocycles. The minimum absolute atomic E-state index is 0.685. The summed E-state index contributed by atoms with van der Waals surface area (Å²) >= 11 is 0. The first-order chi connectivity index (χ1) is 10.7. The Morgan fingerprint density at radius 3 is 2.50 bits per heavy atom. The number of hydrogen-bond donors (Lipinski definition) is 0. The van der Waals surface area contributed by atoms with Crippen molar-refractivity contribution >= 4 is 11.9 Å². The van der Waals surface area contributed by atoms with E-state index in [1.165, 1.54) is 0 Å². The monoisotopic (exact) mass is 298 g/mol. The lowest BCUT2D eigenvalue weighted by Crippen LogP contribution is -2.19. The van der Waals surface area contributed by atoms with Crippen molar-refractivity contribution in [3.05, 3.63) is 54.1 Å². The Morgan fingerprint density at radius 2 is 1.82 bits per heavy atom. The third-order valence-corrected chi connectivity index (χ3v) is 3.10. The molecule has 0 saturated heterocycles. The predicted molar refractivity (Wildman–Crippen MR) is 90.7 cm³/mol. The van der Waals surface area contributed by atoms with Crippen LogP contribution in [0.2, 0.25) is 0 Å². The topological polar surface area (TPSA) is 34.1 Å². The summed E-state index contributed by atoms with van der Waals surface area (Å²) in [7, 11) is 5.71. The largest absolute Gasteiger partial charge is 0.497 e. The van der Waals surface area contributed by atoms with Gasteiger partial charge in [0.25, 0.3) is 0 Å². The molecule has 2 aromatic carbocycles. The van der Waals surface area contributed by atoms with Crippen LogP contribution in [0.15, 0.2) is 53.5 Å². The second-order valence-electron chi connectivity index (χ2n) is 5.18. The Balaban J connectivity index is 1.94. The van der Waals surface area contributed by atoms with Crippen LogP contribution in [0.3, 0.4) is 0 Å². The molecule has 2 rings (SSSR count). The van der Waals surface area contributed by atoms with Crippen molar-refractivity contribution in [2.75, 3.05) is 34.4 Å². The van der Waals surface area contributed by atoms with Crippen molar-refractivity contribution in [2.45, 2.75) is 0 Å². The van der Waals surface area contributed by atoms with E-state index < -0.39 is 0 Å². The molecular formula is C18H22N2O2. The van der Waals surface area contributed by atoms with Gasteiger partial charge in [0.15, 0.2) is 0 Å². The van der Waals surface area contributed by atoms with Gasteiger partial charge in [0, 0.05) is 18.8 Å². The lowest BCUT2D eigenvalue weighted by molar-refractivity contribution is 0.261. The molecule has 0 N–H and O–H groups in total. The average molecular weight is 298 g/mol. The van der Waals surface area contributed by atoms with Crippen molar-refractivity contribution in [3.63, 3.8) is 0 Å². The smallest absolute Gasteiger partial charge is 0.121 e. The Labute approximate surface area is 132 Å². The van der Waals surface area contributed by atoms with Gasteiger partial charge >= 0.3 is 0 Å². The molecule has 0 aliphatic carbocycles. The van der Waals surface area contributed by atoms with Crippen molar-refractivity contribution in [2.24, 2.45) is 4.99 Å². The van der Waals surface area contributed by atoms with Crippen LogP contribution in [0, 0.1) is 0 Å². The molecule has 0 spiro atoms. The van der Waals surface area contributed by atoms with E-state index >= 15 is 0 Å². The van der Waals surface area contributed by atoms with Crippen LogP contribution in [0.25, 0.3) is 0 Å². The highest BCUT2D eigenvalue weighted by atomic mass is 16.5. The molecule has 116 valence electrons. The van der Waals surface area contributed by atoms with E-state index in [4.69, 9.17) is 9.47 Å². The highest BCUT2D eigenvalue weighted by molar-refractivity contribution is 5.82. The number of aliphatic imine (C=N–C) groups is 1. The van der Waals surface area contributed by atoms with Gasteiger partial charge in [-0.3, -0.25) is 4.99 Å². The van der Waals surface area contributed by atoms with E-state index in [1.54, 1.807) is 7.11 Å². The minimum Gasteiger partial charge on any atom is -0.497 e. The third-order valence-electron chi connectivity index (χ3n) is 3.10. The van der Waals surface area contributed by atoms with Gasteiger partial charge in [-0.1, -0.05) is 6.07 Å². The molecule has 0 bridgehead atoms. The molecule has 0 aromatic heterocycles. The second kappa shape index (κ2) is 8.20. The summed E-state index contributed by atoms with van der Waals surface area (Å²) in [5.74, 6) is 1.68. The van der Waals surface area contributed by atoms with E-state index in [2.05, 4.69) is 9.89 Å². The fourth-order valence-corrected chi connectivity index (χ4v) is 1.84. The normalized spacial score (nSPS) is 11.1. The van der Waals surface area contributed by atoms with E-state index in [0.29, 0.717) is 6.61 Å². The zero-order valence-electron chi connectivity index (χ0n) is 13.3. The molecule has 0 amide bonds. The van der Waals surface area contributed by atoms with E-state index in [0.717, 1.165) is 29.3 Å². The first-order valence-corrected chi connectivity index (χ1v) is 7.23. The number of likely N-dealkylation sites (N-methyl/N-ethyl adjacent to an activating group) is 1. The second-order valence-corrected chi connectivity index (χ2v) is 5.18. The summed E-state index contributed by atoms with van der Waals surface area (Å²) in [6, 6.07) is 15.6. The Hall–Kier alpha value is -2.33. The molecule has 0 fully saturated rings. The summed E-state index contributed by atoms with van der Waals surface area (Å²) < 4.78 is 10.8. The van der Waals surface area contributed by atoms with Crippen molar-refractivity contribution < 1.29 is 9.47 Å². The number of benzene rings is 2. The fraction of sp³-hybridized carbons (Fsp3) is 0.278. The quantitative estimate of drug-likeness (QED) is 0.735. The van der Waals surface area contributed by atoms with Gasteiger partial charge in [-0.25, -0.2) is 0 Å². The lowest BCUT2D eigenvalue weighted by Gasteiger charge is -2.10. The van der Waals surface area contributed by atoms with Gasteiger partial charge in [0.05, 0.1) is 12.8 Å². The molecule has 0 aliphatic rings. The molecule has 0 aliphatic heterocycles. The SMILES string of the molecule is COc1cccc(/N=C/c2ccc(OCCN(C)C)cc2)c1. The van der Waals surface area contributed by atoms with Gasteiger partial charge in [0.1, 0.15) is 18.1 Å². The number of ether oxygens (including phenoxy) is 2. The van der Waals surface area contributed by atoms with Gasteiger partial charge < -0.3 is 14.4 Å². The zero-order chi connectivity index (χ0) is 15.8. The zero-order valence-corrected chi connectivity index (χ0v) is 13.3. The van der Waals surface area contributed by atoms with E-state index in [9.17, 15) is 0 Å². The fourth-order valence-electron chi connectivity index (χ4n) is 1.84. The predicted octanol–water partition coefficient (Wildman–Crippen LogP) is 3.39. The van der Waals surface area contributed by atoms with Crippen LogP contribution in [-0.4, -0.2) is 45.5 Å². The molecule has 0 unspecified atom stereocenters. The van der Waals surface area contributed by atoms with Gasteiger partial charge in [-0.2, -0.15) is 0 Å². The summed E-state index contributed by atoms with van der Waals surface area (Å²) in [5, 5.41) is 0. The maximum absolute atomic E-state index is 5.66. The minimum atomic E-state index is 0.685. The average Bonchev–Trinajstić information content (AvgIpc) is 2.54. The number of hydrogen-bond acceptors (Lipinski definition) is 4.